The van der Waals surface area contributed by atoms with E-state index in [0.29, 0.717) is 12.1 Å². The van der Waals surface area contributed by atoms with Crippen LogP contribution in [0.3, 0.4) is 0 Å². The highest BCUT2D eigenvalue weighted by Crippen LogP contribution is 2.26. The molecular formula is C16H24F3NO. The summed E-state index contributed by atoms with van der Waals surface area (Å²) in [5.74, 6) is -0.125. The standard InChI is InChI=1S/C16H24F3NO/c1-2-3-4-5-6-9-12-20-13-14-10-7-8-11-15(14)21-16(17,18)19/h7-8,10-11,20H,2-6,9,12-13H2,1H3. The number of benzene rings is 1. The van der Waals surface area contributed by atoms with Crippen molar-refractivity contribution < 1.29 is 17.9 Å². The first-order chi connectivity index (χ1) is 10.0. The molecule has 0 atom stereocenters. The Morgan fingerprint density at radius 3 is 2.38 bits per heavy atom. The molecule has 21 heavy (non-hydrogen) atoms. The van der Waals surface area contributed by atoms with Crippen molar-refractivity contribution in [2.75, 3.05) is 6.54 Å². The van der Waals surface area contributed by atoms with Crippen LogP contribution >= 0.6 is 0 Å². The highest BCUT2D eigenvalue weighted by atomic mass is 19.4. The van der Waals surface area contributed by atoms with Crippen LogP contribution in [0.2, 0.25) is 0 Å². The molecule has 0 aromatic heterocycles. The van der Waals surface area contributed by atoms with E-state index in [-0.39, 0.29) is 5.75 Å². The van der Waals surface area contributed by atoms with E-state index in [0.717, 1.165) is 19.4 Å². The molecule has 0 aliphatic heterocycles. The molecule has 0 spiro atoms. The molecule has 2 nitrogen and oxygen atoms in total. The molecule has 120 valence electrons. The van der Waals surface area contributed by atoms with Gasteiger partial charge in [-0.1, -0.05) is 57.2 Å². The van der Waals surface area contributed by atoms with Crippen molar-refractivity contribution in [2.45, 2.75) is 58.4 Å². The molecule has 5 heteroatoms. The molecular weight excluding hydrogens is 279 g/mol. The second kappa shape index (κ2) is 9.66. The van der Waals surface area contributed by atoms with E-state index in [4.69, 9.17) is 0 Å². The van der Waals surface area contributed by atoms with Crippen molar-refractivity contribution in [1.29, 1.82) is 0 Å². The molecule has 1 N–H and O–H groups in total. The maximum Gasteiger partial charge on any atom is 0.573 e. The van der Waals surface area contributed by atoms with Gasteiger partial charge in [0.1, 0.15) is 5.75 Å². The fraction of sp³-hybridized carbons (Fsp3) is 0.625. The summed E-state index contributed by atoms with van der Waals surface area (Å²) < 4.78 is 40.8. The van der Waals surface area contributed by atoms with Gasteiger partial charge in [0, 0.05) is 12.1 Å². The van der Waals surface area contributed by atoms with E-state index in [9.17, 15) is 13.2 Å². The Morgan fingerprint density at radius 2 is 1.67 bits per heavy atom. The lowest BCUT2D eigenvalue weighted by atomic mass is 10.1. The number of ether oxygens (including phenoxy) is 1. The Balaban J connectivity index is 2.26. The molecule has 0 saturated carbocycles. The average molecular weight is 303 g/mol. The Hall–Kier alpha value is -1.23. The van der Waals surface area contributed by atoms with E-state index in [1.54, 1.807) is 12.1 Å². The van der Waals surface area contributed by atoms with Gasteiger partial charge in [0.2, 0.25) is 0 Å². The molecule has 0 heterocycles. The summed E-state index contributed by atoms with van der Waals surface area (Å²) in [6, 6.07) is 6.24. The molecule has 0 unspecified atom stereocenters. The first-order valence-electron chi connectivity index (χ1n) is 7.57. The number of alkyl halides is 3. The number of nitrogens with one attached hydrogen (secondary N) is 1. The van der Waals surface area contributed by atoms with Crippen LogP contribution < -0.4 is 10.1 Å². The van der Waals surface area contributed by atoms with E-state index in [1.807, 2.05) is 0 Å². The summed E-state index contributed by atoms with van der Waals surface area (Å²) in [5, 5.41) is 3.17. The first kappa shape index (κ1) is 17.8. The number of unbranched alkanes of at least 4 members (excludes halogenated alkanes) is 5. The zero-order chi connectivity index (χ0) is 15.6. The van der Waals surface area contributed by atoms with Gasteiger partial charge in [-0.05, 0) is 19.0 Å². The average Bonchev–Trinajstić information content (AvgIpc) is 2.42. The topological polar surface area (TPSA) is 21.3 Å². The van der Waals surface area contributed by atoms with Crippen LogP contribution in [0.15, 0.2) is 24.3 Å². The first-order valence-corrected chi connectivity index (χ1v) is 7.57. The molecule has 0 aliphatic rings. The number of halogens is 3. The lowest BCUT2D eigenvalue weighted by molar-refractivity contribution is -0.274. The second-order valence-corrected chi connectivity index (χ2v) is 5.10. The SMILES string of the molecule is CCCCCCCCNCc1ccccc1OC(F)(F)F. The van der Waals surface area contributed by atoms with Crippen molar-refractivity contribution >= 4 is 0 Å². The van der Waals surface area contributed by atoms with Crippen molar-refractivity contribution in [1.82, 2.24) is 5.32 Å². The van der Waals surface area contributed by atoms with Crippen LogP contribution in [0.5, 0.6) is 5.75 Å². The van der Waals surface area contributed by atoms with E-state index in [1.165, 1.54) is 37.8 Å². The second-order valence-electron chi connectivity index (χ2n) is 5.10. The predicted molar refractivity (Wildman–Crippen MR) is 78.2 cm³/mol. The molecule has 0 amide bonds. The maximum absolute atomic E-state index is 12.3. The van der Waals surface area contributed by atoms with Gasteiger partial charge in [-0.25, -0.2) is 0 Å². The summed E-state index contributed by atoms with van der Waals surface area (Å²) >= 11 is 0. The van der Waals surface area contributed by atoms with Crippen LogP contribution in [0.1, 0.15) is 51.0 Å². The van der Waals surface area contributed by atoms with Crippen LogP contribution in [0.4, 0.5) is 13.2 Å². The highest BCUT2D eigenvalue weighted by molar-refractivity contribution is 5.33. The highest BCUT2D eigenvalue weighted by Gasteiger charge is 2.31. The fourth-order valence-corrected chi connectivity index (χ4v) is 2.13. The van der Waals surface area contributed by atoms with Gasteiger partial charge >= 0.3 is 6.36 Å². The summed E-state index contributed by atoms with van der Waals surface area (Å²) in [6.45, 7) is 3.38. The summed E-state index contributed by atoms with van der Waals surface area (Å²) in [5.41, 5.74) is 0.529. The van der Waals surface area contributed by atoms with Crippen molar-refractivity contribution in [2.24, 2.45) is 0 Å². The maximum atomic E-state index is 12.3. The lowest BCUT2D eigenvalue weighted by Gasteiger charge is -2.13. The molecule has 1 aromatic rings. The van der Waals surface area contributed by atoms with Crippen LogP contribution in [0.25, 0.3) is 0 Å². The Morgan fingerprint density at radius 1 is 1.00 bits per heavy atom. The Labute approximate surface area is 124 Å². The normalized spacial score (nSPS) is 11.6. The van der Waals surface area contributed by atoms with Gasteiger partial charge in [0.15, 0.2) is 0 Å². The van der Waals surface area contributed by atoms with Gasteiger partial charge in [-0.15, -0.1) is 13.2 Å². The van der Waals surface area contributed by atoms with Gasteiger partial charge < -0.3 is 10.1 Å². The Bertz CT molecular complexity index is 393. The van der Waals surface area contributed by atoms with Crippen molar-refractivity contribution in [3.63, 3.8) is 0 Å². The lowest BCUT2D eigenvalue weighted by Crippen LogP contribution is -2.20. The molecule has 1 aromatic carbocycles. The van der Waals surface area contributed by atoms with Gasteiger partial charge in [0.25, 0.3) is 0 Å². The fourth-order valence-electron chi connectivity index (χ4n) is 2.13. The number of hydrogen-bond acceptors (Lipinski definition) is 2. The zero-order valence-electron chi connectivity index (χ0n) is 12.5. The number of rotatable bonds is 10. The van der Waals surface area contributed by atoms with Gasteiger partial charge in [0.05, 0.1) is 0 Å². The third-order valence-electron chi connectivity index (χ3n) is 3.22. The minimum absolute atomic E-state index is 0.125. The predicted octanol–water partition coefficient (Wildman–Crippen LogP) is 5.04. The van der Waals surface area contributed by atoms with E-state index in [2.05, 4.69) is 17.0 Å². The number of hydrogen-bond donors (Lipinski definition) is 1. The molecule has 0 bridgehead atoms. The van der Waals surface area contributed by atoms with E-state index >= 15 is 0 Å². The van der Waals surface area contributed by atoms with Crippen molar-refractivity contribution in [3.8, 4) is 5.75 Å². The number of para-hydroxylation sites is 1. The molecule has 0 radical (unpaired) electrons. The quantitative estimate of drug-likeness (QED) is 0.612. The van der Waals surface area contributed by atoms with Crippen molar-refractivity contribution in [3.05, 3.63) is 29.8 Å². The largest absolute Gasteiger partial charge is 0.573 e. The minimum Gasteiger partial charge on any atom is -0.405 e. The monoisotopic (exact) mass is 303 g/mol. The van der Waals surface area contributed by atoms with E-state index < -0.39 is 6.36 Å². The third-order valence-corrected chi connectivity index (χ3v) is 3.22. The molecule has 0 fully saturated rings. The smallest absolute Gasteiger partial charge is 0.405 e. The van der Waals surface area contributed by atoms with Crippen LogP contribution in [-0.4, -0.2) is 12.9 Å². The van der Waals surface area contributed by atoms with Crippen LogP contribution in [-0.2, 0) is 6.54 Å². The zero-order valence-corrected chi connectivity index (χ0v) is 12.5. The molecule has 0 saturated heterocycles. The Kier molecular flexibility index (Phi) is 8.20. The molecule has 1 rings (SSSR count). The molecule has 0 aliphatic carbocycles. The van der Waals surface area contributed by atoms with Gasteiger partial charge in [-0.3, -0.25) is 0 Å². The third kappa shape index (κ3) is 8.60. The minimum atomic E-state index is -4.64. The summed E-state index contributed by atoms with van der Waals surface area (Å²) in [7, 11) is 0. The van der Waals surface area contributed by atoms with Crippen LogP contribution in [0, 0.1) is 0 Å². The summed E-state index contributed by atoms with van der Waals surface area (Å²) in [6.07, 6.45) is 2.56. The van der Waals surface area contributed by atoms with Gasteiger partial charge in [-0.2, -0.15) is 0 Å². The summed E-state index contributed by atoms with van der Waals surface area (Å²) in [4.78, 5) is 0.